The molecular formula is C21H16BrClN6OS. The minimum absolute atomic E-state index is 0.225. The van der Waals surface area contributed by atoms with E-state index in [2.05, 4.69) is 41.5 Å². The van der Waals surface area contributed by atoms with E-state index >= 15 is 0 Å². The van der Waals surface area contributed by atoms with Crippen molar-refractivity contribution in [3.8, 4) is 5.69 Å². The van der Waals surface area contributed by atoms with Gasteiger partial charge in [-0.1, -0.05) is 50.6 Å². The lowest BCUT2D eigenvalue weighted by Crippen LogP contribution is -2.15. The minimum Gasteiger partial charge on any atom is -0.320 e. The molecule has 0 saturated heterocycles. The standard InChI is InChI=1S/C21H16BrClN6OS/c1-13-3-6-15(11-17(13)23)26-20(30)19-18(12-31-21-24-9-2-10-25-21)29(28-27-19)16-7-4-14(22)5-8-16/h2-11H,12H2,1H3,(H,26,30). The number of hydrogen-bond acceptors (Lipinski definition) is 6. The number of halogens is 2. The van der Waals surface area contributed by atoms with Crippen molar-refractivity contribution in [3.63, 3.8) is 0 Å². The number of rotatable bonds is 6. The number of amides is 1. The van der Waals surface area contributed by atoms with E-state index in [1.54, 1.807) is 35.3 Å². The summed E-state index contributed by atoms with van der Waals surface area (Å²) in [5, 5.41) is 12.4. The maximum atomic E-state index is 13.0. The molecule has 1 N–H and O–H groups in total. The van der Waals surface area contributed by atoms with Gasteiger partial charge in [0.05, 0.1) is 11.4 Å². The highest BCUT2D eigenvalue weighted by Gasteiger charge is 2.21. The third kappa shape index (κ3) is 5.12. The highest BCUT2D eigenvalue weighted by atomic mass is 79.9. The van der Waals surface area contributed by atoms with Crippen LogP contribution in [0.5, 0.6) is 0 Å². The lowest BCUT2D eigenvalue weighted by Gasteiger charge is -2.09. The summed E-state index contributed by atoms with van der Waals surface area (Å²) in [6.45, 7) is 1.90. The fourth-order valence-electron chi connectivity index (χ4n) is 2.75. The van der Waals surface area contributed by atoms with Crippen molar-refractivity contribution in [2.24, 2.45) is 0 Å². The summed E-state index contributed by atoms with van der Waals surface area (Å²) >= 11 is 11.0. The maximum Gasteiger partial charge on any atom is 0.278 e. The second kappa shape index (κ2) is 9.59. The number of anilines is 1. The largest absolute Gasteiger partial charge is 0.320 e. The average Bonchev–Trinajstić information content (AvgIpc) is 3.20. The first-order valence-corrected chi connectivity index (χ1v) is 11.3. The van der Waals surface area contributed by atoms with E-state index in [0.29, 0.717) is 27.3 Å². The molecule has 4 aromatic rings. The Balaban J connectivity index is 1.66. The Bertz CT molecular complexity index is 1220. The van der Waals surface area contributed by atoms with E-state index in [4.69, 9.17) is 11.6 Å². The van der Waals surface area contributed by atoms with Crippen molar-refractivity contribution >= 4 is 50.9 Å². The molecule has 4 rings (SSSR count). The monoisotopic (exact) mass is 514 g/mol. The summed E-state index contributed by atoms with van der Waals surface area (Å²) in [5.41, 5.74) is 3.17. The molecule has 1 amide bonds. The molecule has 0 fully saturated rings. The summed E-state index contributed by atoms with van der Waals surface area (Å²) in [5.74, 6) is 0.0395. The van der Waals surface area contributed by atoms with Crippen LogP contribution in [0.4, 0.5) is 5.69 Å². The molecule has 0 aliphatic carbocycles. The van der Waals surface area contributed by atoms with Crippen LogP contribution in [0.3, 0.4) is 0 Å². The van der Waals surface area contributed by atoms with Crippen LogP contribution in [0, 0.1) is 6.92 Å². The highest BCUT2D eigenvalue weighted by Crippen LogP contribution is 2.25. The summed E-state index contributed by atoms with van der Waals surface area (Å²) in [4.78, 5) is 21.5. The van der Waals surface area contributed by atoms with Crippen molar-refractivity contribution < 1.29 is 4.79 Å². The van der Waals surface area contributed by atoms with Gasteiger partial charge >= 0.3 is 0 Å². The second-order valence-corrected chi connectivity index (χ2v) is 8.78. The van der Waals surface area contributed by atoms with Gasteiger partial charge in [0.1, 0.15) is 0 Å². The van der Waals surface area contributed by atoms with Gasteiger partial charge in [-0.25, -0.2) is 14.6 Å². The number of aryl methyl sites for hydroxylation is 1. The molecule has 0 saturated carbocycles. The molecule has 0 aliphatic rings. The zero-order valence-corrected chi connectivity index (χ0v) is 19.4. The van der Waals surface area contributed by atoms with Crippen molar-refractivity contribution in [1.82, 2.24) is 25.0 Å². The Morgan fingerprint density at radius 2 is 1.90 bits per heavy atom. The molecule has 10 heteroatoms. The minimum atomic E-state index is -0.368. The Morgan fingerprint density at radius 1 is 1.16 bits per heavy atom. The molecule has 0 spiro atoms. The number of nitrogens with one attached hydrogen (secondary N) is 1. The van der Waals surface area contributed by atoms with E-state index in [-0.39, 0.29) is 11.6 Å². The number of carbonyl (C=O) groups excluding carboxylic acids is 1. The predicted molar refractivity (Wildman–Crippen MR) is 125 cm³/mol. The molecule has 2 aromatic heterocycles. The normalized spacial score (nSPS) is 10.8. The van der Waals surface area contributed by atoms with Crippen LogP contribution in [0.25, 0.3) is 5.69 Å². The Labute approximate surface area is 196 Å². The Kier molecular flexibility index (Phi) is 6.64. The van der Waals surface area contributed by atoms with Crippen LogP contribution in [0.15, 0.2) is 70.6 Å². The van der Waals surface area contributed by atoms with Crippen LogP contribution in [-0.4, -0.2) is 30.9 Å². The summed E-state index contributed by atoms with van der Waals surface area (Å²) in [7, 11) is 0. The summed E-state index contributed by atoms with van der Waals surface area (Å²) < 4.78 is 2.60. The zero-order chi connectivity index (χ0) is 21.8. The third-order valence-electron chi connectivity index (χ3n) is 4.36. The van der Waals surface area contributed by atoms with Crippen LogP contribution in [0.1, 0.15) is 21.7 Å². The number of thioether (sulfide) groups is 1. The Morgan fingerprint density at radius 3 is 2.61 bits per heavy atom. The summed E-state index contributed by atoms with van der Waals surface area (Å²) in [6, 6.07) is 14.7. The van der Waals surface area contributed by atoms with E-state index < -0.39 is 0 Å². The van der Waals surface area contributed by atoms with Gasteiger partial charge in [0.2, 0.25) is 0 Å². The molecule has 0 aliphatic heterocycles. The fourth-order valence-corrected chi connectivity index (χ4v) is 3.99. The van der Waals surface area contributed by atoms with Crippen molar-refractivity contribution in [1.29, 1.82) is 0 Å². The van der Waals surface area contributed by atoms with Crippen LogP contribution < -0.4 is 5.32 Å². The van der Waals surface area contributed by atoms with Crippen molar-refractivity contribution in [2.45, 2.75) is 17.8 Å². The molecule has 0 atom stereocenters. The number of hydrogen-bond donors (Lipinski definition) is 1. The first kappa shape index (κ1) is 21.5. The second-order valence-electron chi connectivity index (χ2n) is 6.51. The van der Waals surface area contributed by atoms with E-state index in [1.807, 2.05) is 37.3 Å². The van der Waals surface area contributed by atoms with Crippen molar-refractivity contribution in [2.75, 3.05) is 5.32 Å². The van der Waals surface area contributed by atoms with Crippen LogP contribution in [0.2, 0.25) is 5.02 Å². The van der Waals surface area contributed by atoms with E-state index in [0.717, 1.165) is 15.7 Å². The van der Waals surface area contributed by atoms with Gasteiger partial charge in [-0.2, -0.15) is 0 Å². The highest BCUT2D eigenvalue weighted by molar-refractivity contribution is 9.10. The molecule has 2 heterocycles. The zero-order valence-electron chi connectivity index (χ0n) is 16.3. The van der Waals surface area contributed by atoms with Gasteiger partial charge in [0.15, 0.2) is 10.9 Å². The third-order valence-corrected chi connectivity index (χ3v) is 6.18. The number of benzene rings is 2. The lowest BCUT2D eigenvalue weighted by molar-refractivity contribution is 0.102. The van der Waals surface area contributed by atoms with Crippen LogP contribution in [-0.2, 0) is 5.75 Å². The number of carbonyl (C=O) groups is 1. The maximum absolute atomic E-state index is 13.0. The van der Waals surface area contributed by atoms with Gasteiger partial charge in [-0.05, 0) is 55.0 Å². The Hall–Kier alpha value is -2.75. The first-order valence-electron chi connectivity index (χ1n) is 9.19. The smallest absolute Gasteiger partial charge is 0.278 e. The molecule has 31 heavy (non-hydrogen) atoms. The SMILES string of the molecule is Cc1ccc(NC(=O)c2nnn(-c3ccc(Br)cc3)c2CSc2ncccn2)cc1Cl. The molecule has 0 bridgehead atoms. The topological polar surface area (TPSA) is 85.6 Å². The average molecular weight is 516 g/mol. The first-order chi connectivity index (χ1) is 15.0. The van der Waals surface area contributed by atoms with Gasteiger partial charge < -0.3 is 5.32 Å². The van der Waals surface area contributed by atoms with E-state index in [1.165, 1.54) is 11.8 Å². The van der Waals surface area contributed by atoms with Gasteiger partial charge in [0.25, 0.3) is 5.91 Å². The van der Waals surface area contributed by atoms with Gasteiger partial charge in [0, 0.05) is 33.3 Å². The molecule has 156 valence electrons. The lowest BCUT2D eigenvalue weighted by atomic mass is 10.2. The number of nitrogens with zero attached hydrogens (tertiary/aromatic N) is 5. The molecule has 0 radical (unpaired) electrons. The summed E-state index contributed by atoms with van der Waals surface area (Å²) in [6.07, 6.45) is 3.35. The molecule has 7 nitrogen and oxygen atoms in total. The molecular weight excluding hydrogens is 500 g/mol. The van der Waals surface area contributed by atoms with Crippen LogP contribution >= 0.6 is 39.3 Å². The van der Waals surface area contributed by atoms with Gasteiger partial charge in [-0.3, -0.25) is 4.79 Å². The van der Waals surface area contributed by atoms with Crippen molar-refractivity contribution in [3.05, 3.63) is 87.4 Å². The quantitative estimate of drug-likeness (QED) is 0.276. The molecule has 2 aromatic carbocycles. The fraction of sp³-hybridized carbons (Fsp3) is 0.0952. The van der Waals surface area contributed by atoms with E-state index in [9.17, 15) is 4.79 Å². The predicted octanol–water partition coefficient (Wildman–Crippen LogP) is 5.33. The number of aromatic nitrogens is 5. The van der Waals surface area contributed by atoms with Gasteiger partial charge in [-0.15, -0.1) is 5.10 Å². The molecule has 0 unspecified atom stereocenters.